The first-order valence-corrected chi connectivity index (χ1v) is 9.19. The summed E-state index contributed by atoms with van der Waals surface area (Å²) in [7, 11) is 0. The number of anilines is 2. The minimum Gasteiger partial charge on any atom is -0.399 e. The summed E-state index contributed by atoms with van der Waals surface area (Å²) in [6.07, 6.45) is 4.06. The fourth-order valence-corrected chi connectivity index (χ4v) is 3.61. The van der Waals surface area contributed by atoms with Crippen LogP contribution in [0.1, 0.15) is 29.2 Å². The van der Waals surface area contributed by atoms with Gasteiger partial charge in [-0.2, -0.15) is 0 Å². The van der Waals surface area contributed by atoms with E-state index >= 15 is 0 Å². The number of nitrogens with one attached hydrogen (secondary N) is 1. The highest BCUT2D eigenvalue weighted by Gasteiger charge is 2.17. The molecule has 3 rings (SSSR count). The lowest BCUT2D eigenvalue weighted by Crippen LogP contribution is -2.05. The smallest absolute Gasteiger partial charge is 0.0711 e. The average Bonchev–Trinajstić information content (AvgIpc) is 2.59. The van der Waals surface area contributed by atoms with Gasteiger partial charge in [0.25, 0.3) is 0 Å². The van der Waals surface area contributed by atoms with Gasteiger partial charge in [-0.1, -0.05) is 12.1 Å². The minimum atomic E-state index is 0.509. The molecule has 5 N–H and O–H groups in total. The van der Waals surface area contributed by atoms with E-state index in [2.05, 4.69) is 34.1 Å². The Kier molecular flexibility index (Phi) is 4.88. The summed E-state index contributed by atoms with van der Waals surface area (Å²) in [6.45, 7) is 5.98. The Hall–Kier alpha value is -2.59. The molecule has 26 heavy (non-hydrogen) atoms. The van der Waals surface area contributed by atoms with E-state index in [0.717, 1.165) is 54.8 Å². The molecule has 1 aliphatic rings. The van der Waals surface area contributed by atoms with Crippen LogP contribution in [0.3, 0.4) is 0 Å². The molecular weight excluding hydrogens is 386 g/mol. The molecule has 0 heterocycles. The third-order valence-electron chi connectivity index (χ3n) is 4.69. The second-order valence-electron chi connectivity index (χ2n) is 6.67. The molecule has 0 unspecified atom stereocenters. The molecule has 0 bridgehead atoms. The topological polar surface area (TPSA) is 75.9 Å². The van der Waals surface area contributed by atoms with E-state index in [-0.39, 0.29) is 0 Å². The maximum atomic E-state index is 8.13. The quantitative estimate of drug-likeness (QED) is 0.572. The van der Waals surface area contributed by atoms with Crippen LogP contribution >= 0.6 is 15.9 Å². The monoisotopic (exact) mass is 407 g/mol. The fourth-order valence-electron chi connectivity index (χ4n) is 3.05. The molecule has 0 radical (unpaired) electrons. The second kappa shape index (κ2) is 6.96. The Balaban J connectivity index is 2.32. The Morgan fingerprint density at radius 1 is 0.846 bits per heavy atom. The standard InChI is InChI=1S/C22H22BrN3/c1-12-8-15(4-6-19(12)24)21(16-5-7-20(25)13(2)9-16)17-10-14(3)22(26)18(23)11-17/h4-11,26H,24-25H2,1-3H3. The molecule has 0 spiro atoms. The maximum Gasteiger partial charge on any atom is 0.0711 e. The number of hydrogen-bond acceptors (Lipinski definition) is 3. The molecule has 0 amide bonds. The molecule has 0 saturated carbocycles. The summed E-state index contributed by atoms with van der Waals surface area (Å²) in [5, 5.41) is 8.13. The minimum absolute atomic E-state index is 0.509. The zero-order valence-electron chi connectivity index (χ0n) is 15.2. The summed E-state index contributed by atoms with van der Waals surface area (Å²) in [4.78, 5) is 0. The second-order valence-corrected chi connectivity index (χ2v) is 7.52. The van der Waals surface area contributed by atoms with E-state index < -0.39 is 0 Å². The van der Waals surface area contributed by atoms with Crippen molar-refractivity contribution >= 4 is 38.6 Å². The van der Waals surface area contributed by atoms with Crippen molar-refractivity contribution in [2.45, 2.75) is 20.8 Å². The van der Waals surface area contributed by atoms with Gasteiger partial charge in [-0.05, 0) is 112 Å². The Labute approximate surface area is 162 Å². The van der Waals surface area contributed by atoms with Crippen molar-refractivity contribution in [2.75, 3.05) is 11.5 Å². The lowest BCUT2D eigenvalue weighted by molar-refractivity contribution is 1.39. The molecule has 0 aliphatic heterocycles. The molecule has 0 saturated heterocycles. The van der Waals surface area contributed by atoms with E-state index in [1.54, 1.807) is 0 Å². The SMILES string of the molecule is CC1=CC(=C(c2ccc(N)c(C)c2)c2ccc(N)c(C)c2)C=C(Br)C1=N. The van der Waals surface area contributed by atoms with Crippen LogP contribution in [0.15, 0.2) is 64.2 Å². The van der Waals surface area contributed by atoms with Gasteiger partial charge in [0.15, 0.2) is 0 Å². The number of allylic oxidation sites excluding steroid dienone is 5. The van der Waals surface area contributed by atoms with Crippen LogP contribution in [0.5, 0.6) is 0 Å². The number of rotatable bonds is 2. The van der Waals surface area contributed by atoms with Gasteiger partial charge in [0.1, 0.15) is 0 Å². The van der Waals surface area contributed by atoms with Gasteiger partial charge in [-0.3, -0.25) is 5.41 Å². The van der Waals surface area contributed by atoms with Gasteiger partial charge >= 0.3 is 0 Å². The molecule has 3 nitrogen and oxygen atoms in total. The van der Waals surface area contributed by atoms with Crippen molar-refractivity contribution in [1.29, 1.82) is 5.41 Å². The molecular formula is C22H22BrN3. The normalized spacial score (nSPS) is 14.2. The van der Waals surface area contributed by atoms with Gasteiger partial charge in [0.2, 0.25) is 0 Å². The van der Waals surface area contributed by atoms with Crippen molar-refractivity contribution in [3.63, 3.8) is 0 Å². The zero-order valence-corrected chi connectivity index (χ0v) is 16.7. The molecule has 132 valence electrons. The van der Waals surface area contributed by atoms with E-state index in [1.807, 2.05) is 51.1 Å². The lowest BCUT2D eigenvalue weighted by atomic mass is 9.88. The highest BCUT2D eigenvalue weighted by atomic mass is 79.9. The van der Waals surface area contributed by atoms with Crippen molar-refractivity contribution < 1.29 is 0 Å². The number of aryl methyl sites for hydroxylation is 2. The first kappa shape index (κ1) is 18.2. The predicted molar refractivity (Wildman–Crippen MR) is 116 cm³/mol. The van der Waals surface area contributed by atoms with Crippen LogP contribution < -0.4 is 11.5 Å². The van der Waals surface area contributed by atoms with E-state index in [9.17, 15) is 0 Å². The van der Waals surface area contributed by atoms with Crippen molar-refractivity contribution in [2.24, 2.45) is 0 Å². The first-order chi connectivity index (χ1) is 12.3. The first-order valence-electron chi connectivity index (χ1n) is 8.40. The van der Waals surface area contributed by atoms with Crippen molar-refractivity contribution in [3.8, 4) is 0 Å². The van der Waals surface area contributed by atoms with Gasteiger partial charge in [0, 0.05) is 15.9 Å². The summed E-state index contributed by atoms with van der Waals surface area (Å²) in [5.41, 5.74) is 21.4. The van der Waals surface area contributed by atoms with Gasteiger partial charge in [-0.15, -0.1) is 0 Å². The largest absolute Gasteiger partial charge is 0.399 e. The fraction of sp³-hybridized carbons (Fsp3) is 0.136. The highest BCUT2D eigenvalue weighted by molar-refractivity contribution is 9.12. The molecule has 1 aliphatic carbocycles. The lowest BCUT2D eigenvalue weighted by Gasteiger charge is -2.18. The van der Waals surface area contributed by atoms with Crippen LogP contribution in [0.25, 0.3) is 5.57 Å². The maximum absolute atomic E-state index is 8.13. The van der Waals surface area contributed by atoms with Crippen molar-refractivity contribution in [1.82, 2.24) is 0 Å². The number of nitrogens with two attached hydrogens (primary N) is 2. The Morgan fingerprint density at radius 2 is 1.35 bits per heavy atom. The van der Waals surface area contributed by atoms with Gasteiger partial charge in [-0.25, -0.2) is 0 Å². The predicted octanol–water partition coefficient (Wildman–Crippen LogP) is 5.53. The third kappa shape index (κ3) is 3.37. The van der Waals surface area contributed by atoms with Gasteiger partial charge in [0.05, 0.1) is 5.71 Å². The van der Waals surface area contributed by atoms with Crippen LogP contribution in [0.2, 0.25) is 0 Å². The molecule has 2 aromatic rings. The molecule has 0 aromatic heterocycles. The van der Waals surface area contributed by atoms with E-state index in [1.165, 1.54) is 0 Å². The third-order valence-corrected chi connectivity index (χ3v) is 5.32. The molecule has 4 heteroatoms. The summed E-state index contributed by atoms with van der Waals surface area (Å²) < 4.78 is 0.782. The number of nitrogen functional groups attached to an aromatic ring is 2. The molecule has 0 atom stereocenters. The van der Waals surface area contributed by atoms with E-state index in [0.29, 0.717) is 5.71 Å². The van der Waals surface area contributed by atoms with E-state index in [4.69, 9.17) is 16.9 Å². The van der Waals surface area contributed by atoms with Crippen LogP contribution in [-0.2, 0) is 0 Å². The zero-order chi connectivity index (χ0) is 19.0. The Morgan fingerprint density at radius 3 is 1.77 bits per heavy atom. The average molecular weight is 408 g/mol. The van der Waals surface area contributed by atoms with Gasteiger partial charge < -0.3 is 11.5 Å². The number of halogens is 1. The molecule has 0 fully saturated rings. The Bertz CT molecular complexity index is 933. The van der Waals surface area contributed by atoms with Crippen LogP contribution in [0.4, 0.5) is 11.4 Å². The number of hydrogen-bond donors (Lipinski definition) is 3. The van der Waals surface area contributed by atoms with Crippen LogP contribution in [0, 0.1) is 19.3 Å². The summed E-state index contributed by atoms with van der Waals surface area (Å²) in [5.74, 6) is 0. The van der Waals surface area contributed by atoms with Crippen LogP contribution in [-0.4, -0.2) is 5.71 Å². The molecule has 2 aromatic carbocycles. The number of benzene rings is 2. The van der Waals surface area contributed by atoms with Crippen molar-refractivity contribution in [3.05, 3.63) is 86.4 Å². The summed E-state index contributed by atoms with van der Waals surface area (Å²) >= 11 is 3.52. The highest BCUT2D eigenvalue weighted by Crippen LogP contribution is 2.35. The summed E-state index contributed by atoms with van der Waals surface area (Å²) in [6, 6.07) is 12.2.